The number of anilines is 1. The number of piperidine rings is 1. The summed E-state index contributed by atoms with van der Waals surface area (Å²) in [7, 11) is 0. The molecule has 0 atom stereocenters. The number of aliphatic hydroxyl groups excluding tert-OH is 1. The molecule has 1 fully saturated rings. The van der Waals surface area contributed by atoms with E-state index in [0.717, 1.165) is 49.4 Å². The molecule has 1 aliphatic heterocycles. The van der Waals surface area contributed by atoms with Gasteiger partial charge in [-0.2, -0.15) is 0 Å². The van der Waals surface area contributed by atoms with Crippen LogP contribution < -0.4 is 4.90 Å². The number of benzene rings is 1. The maximum Gasteiger partial charge on any atom is 0.129 e. The Labute approximate surface area is 130 Å². The topological polar surface area (TPSA) is 36.4 Å². The summed E-state index contributed by atoms with van der Waals surface area (Å²) >= 11 is 0. The molecule has 2 heterocycles. The average molecular weight is 300 g/mol. The van der Waals surface area contributed by atoms with Gasteiger partial charge in [0, 0.05) is 25.3 Å². The molecule has 0 aliphatic carbocycles. The van der Waals surface area contributed by atoms with E-state index in [2.05, 4.69) is 4.90 Å². The molecule has 3 nitrogen and oxygen atoms in total. The third kappa shape index (κ3) is 3.45. The standard InChI is InChI=1S/C18H21FN2O/c19-16-6-4-15(5-7-16)17-2-1-3-18(20-17)21-11-8-14(9-12-21)10-13-22/h1-7,14,22H,8-13H2. The molecule has 3 rings (SSSR count). The van der Waals surface area contributed by atoms with Crippen LogP contribution >= 0.6 is 0 Å². The van der Waals surface area contributed by atoms with Gasteiger partial charge in [0.2, 0.25) is 0 Å². The Bertz CT molecular complexity index is 607. The first-order valence-electron chi connectivity index (χ1n) is 7.85. The summed E-state index contributed by atoms with van der Waals surface area (Å²) in [5, 5.41) is 9.03. The number of aromatic nitrogens is 1. The van der Waals surface area contributed by atoms with Crippen molar-refractivity contribution in [2.24, 2.45) is 5.92 Å². The van der Waals surface area contributed by atoms with Crippen molar-refractivity contribution in [1.29, 1.82) is 0 Å². The highest BCUT2D eigenvalue weighted by atomic mass is 19.1. The molecule has 1 saturated heterocycles. The van der Waals surface area contributed by atoms with E-state index in [4.69, 9.17) is 10.1 Å². The number of aliphatic hydroxyl groups is 1. The highest BCUT2D eigenvalue weighted by Crippen LogP contribution is 2.26. The summed E-state index contributed by atoms with van der Waals surface area (Å²) in [6.45, 7) is 2.23. The van der Waals surface area contributed by atoms with E-state index in [0.29, 0.717) is 5.92 Å². The maximum absolute atomic E-state index is 13.0. The SMILES string of the molecule is OCCC1CCN(c2cccc(-c3ccc(F)cc3)n2)CC1. The Morgan fingerprint density at radius 2 is 1.82 bits per heavy atom. The molecule has 0 radical (unpaired) electrons. The molecular weight excluding hydrogens is 279 g/mol. The van der Waals surface area contributed by atoms with Gasteiger partial charge in [-0.25, -0.2) is 9.37 Å². The summed E-state index contributed by atoms with van der Waals surface area (Å²) in [6.07, 6.45) is 3.10. The van der Waals surface area contributed by atoms with Gasteiger partial charge in [-0.05, 0) is 61.6 Å². The van der Waals surface area contributed by atoms with Crippen molar-refractivity contribution < 1.29 is 9.50 Å². The van der Waals surface area contributed by atoms with Crippen molar-refractivity contribution >= 4 is 5.82 Å². The smallest absolute Gasteiger partial charge is 0.129 e. The van der Waals surface area contributed by atoms with Crippen molar-refractivity contribution in [3.05, 3.63) is 48.3 Å². The number of nitrogens with zero attached hydrogens (tertiary/aromatic N) is 2. The van der Waals surface area contributed by atoms with Gasteiger partial charge in [0.1, 0.15) is 11.6 Å². The minimum atomic E-state index is -0.231. The van der Waals surface area contributed by atoms with E-state index in [1.807, 2.05) is 18.2 Å². The minimum Gasteiger partial charge on any atom is -0.396 e. The first kappa shape index (κ1) is 15.0. The van der Waals surface area contributed by atoms with Crippen LogP contribution in [0.4, 0.5) is 10.2 Å². The van der Waals surface area contributed by atoms with Crippen LogP contribution in [0.5, 0.6) is 0 Å². The van der Waals surface area contributed by atoms with E-state index in [1.54, 1.807) is 12.1 Å². The zero-order chi connectivity index (χ0) is 15.4. The molecule has 1 N–H and O–H groups in total. The van der Waals surface area contributed by atoms with E-state index in [-0.39, 0.29) is 12.4 Å². The predicted molar refractivity (Wildman–Crippen MR) is 86.3 cm³/mol. The van der Waals surface area contributed by atoms with Crippen molar-refractivity contribution in [1.82, 2.24) is 4.98 Å². The summed E-state index contributed by atoms with van der Waals surface area (Å²) in [6, 6.07) is 12.4. The third-order valence-corrected chi connectivity index (χ3v) is 4.35. The van der Waals surface area contributed by atoms with Crippen LogP contribution in [0, 0.1) is 11.7 Å². The molecule has 1 aliphatic rings. The lowest BCUT2D eigenvalue weighted by Crippen LogP contribution is -2.34. The fourth-order valence-electron chi connectivity index (χ4n) is 3.01. The van der Waals surface area contributed by atoms with E-state index < -0.39 is 0 Å². The van der Waals surface area contributed by atoms with E-state index in [1.165, 1.54) is 12.1 Å². The van der Waals surface area contributed by atoms with Crippen LogP contribution in [0.3, 0.4) is 0 Å². The van der Waals surface area contributed by atoms with Crippen LogP contribution in [0.1, 0.15) is 19.3 Å². The van der Waals surface area contributed by atoms with Crippen LogP contribution in [-0.4, -0.2) is 29.8 Å². The Morgan fingerprint density at radius 3 is 2.50 bits per heavy atom. The first-order valence-corrected chi connectivity index (χ1v) is 7.85. The van der Waals surface area contributed by atoms with Crippen LogP contribution in [0.15, 0.2) is 42.5 Å². The number of hydrogen-bond acceptors (Lipinski definition) is 3. The molecular formula is C18H21FN2O. The Balaban J connectivity index is 1.73. The fraction of sp³-hybridized carbons (Fsp3) is 0.389. The number of rotatable bonds is 4. The van der Waals surface area contributed by atoms with Gasteiger partial charge < -0.3 is 10.0 Å². The van der Waals surface area contributed by atoms with Crippen LogP contribution in [0.25, 0.3) is 11.3 Å². The molecule has 1 aromatic heterocycles. The molecule has 0 amide bonds. The monoisotopic (exact) mass is 300 g/mol. The molecule has 1 aromatic carbocycles. The summed E-state index contributed by atoms with van der Waals surface area (Å²) < 4.78 is 13.0. The summed E-state index contributed by atoms with van der Waals surface area (Å²) in [4.78, 5) is 7.01. The number of halogens is 1. The van der Waals surface area contributed by atoms with Gasteiger partial charge >= 0.3 is 0 Å². The Hall–Kier alpha value is -1.94. The molecule has 0 saturated carbocycles. The quantitative estimate of drug-likeness (QED) is 0.939. The van der Waals surface area contributed by atoms with Gasteiger partial charge in [0.05, 0.1) is 5.69 Å². The molecule has 0 spiro atoms. The van der Waals surface area contributed by atoms with Crippen LogP contribution in [0.2, 0.25) is 0 Å². The van der Waals surface area contributed by atoms with Gasteiger partial charge in [0.15, 0.2) is 0 Å². The largest absolute Gasteiger partial charge is 0.396 e. The van der Waals surface area contributed by atoms with Crippen molar-refractivity contribution in [2.75, 3.05) is 24.6 Å². The number of hydrogen-bond donors (Lipinski definition) is 1. The molecule has 4 heteroatoms. The molecule has 0 bridgehead atoms. The number of pyridine rings is 1. The van der Waals surface area contributed by atoms with Crippen molar-refractivity contribution in [3.8, 4) is 11.3 Å². The van der Waals surface area contributed by atoms with Gasteiger partial charge in [0.25, 0.3) is 0 Å². The van der Waals surface area contributed by atoms with E-state index in [9.17, 15) is 4.39 Å². The molecule has 2 aromatic rings. The Kier molecular flexibility index (Phi) is 4.68. The second-order valence-corrected chi connectivity index (χ2v) is 5.83. The van der Waals surface area contributed by atoms with Crippen LogP contribution in [-0.2, 0) is 0 Å². The predicted octanol–water partition coefficient (Wildman–Crippen LogP) is 3.49. The highest BCUT2D eigenvalue weighted by molar-refractivity contribution is 5.61. The third-order valence-electron chi connectivity index (χ3n) is 4.35. The second kappa shape index (κ2) is 6.88. The fourth-order valence-corrected chi connectivity index (χ4v) is 3.01. The van der Waals surface area contributed by atoms with Gasteiger partial charge in [-0.15, -0.1) is 0 Å². The zero-order valence-corrected chi connectivity index (χ0v) is 12.6. The normalized spacial score (nSPS) is 16.0. The van der Waals surface area contributed by atoms with Crippen molar-refractivity contribution in [2.45, 2.75) is 19.3 Å². The summed E-state index contributed by atoms with van der Waals surface area (Å²) in [5.41, 5.74) is 1.80. The molecule has 116 valence electrons. The zero-order valence-electron chi connectivity index (χ0n) is 12.6. The second-order valence-electron chi connectivity index (χ2n) is 5.83. The van der Waals surface area contributed by atoms with Crippen molar-refractivity contribution in [3.63, 3.8) is 0 Å². The lowest BCUT2D eigenvalue weighted by molar-refractivity contribution is 0.240. The van der Waals surface area contributed by atoms with Gasteiger partial charge in [-0.3, -0.25) is 0 Å². The Morgan fingerprint density at radius 1 is 1.09 bits per heavy atom. The average Bonchev–Trinajstić information content (AvgIpc) is 2.57. The van der Waals surface area contributed by atoms with Gasteiger partial charge in [-0.1, -0.05) is 6.07 Å². The maximum atomic E-state index is 13.0. The lowest BCUT2D eigenvalue weighted by Gasteiger charge is -2.32. The minimum absolute atomic E-state index is 0.231. The lowest BCUT2D eigenvalue weighted by atomic mass is 9.94. The highest BCUT2D eigenvalue weighted by Gasteiger charge is 2.19. The van der Waals surface area contributed by atoms with E-state index >= 15 is 0 Å². The molecule has 22 heavy (non-hydrogen) atoms. The first-order chi connectivity index (χ1) is 10.8. The molecule has 0 unspecified atom stereocenters. The summed E-state index contributed by atoms with van der Waals surface area (Å²) in [5.74, 6) is 1.37.